The summed E-state index contributed by atoms with van der Waals surface area (Å²) in [5.74, 6) is 1.31. The van der Waals surface area contributed by atoms with E-state index in [2.05, 4.69) is 0 Å². The van der Waals surface area contributed by atoms with Crippen LogP contribution in [0.25, 0.3) is 0 Å². The third-order valence-electron chi connectivity index (χ3n) is 3.20. The molecule has 1 N–H and O–H groups in total. The zero-order valence-corrected chi connectivity index (χ0v) is 13.3. The number of ether oxygens (including phenoxy) is 2. The number of nitriles is 1. The van der Waals surface area contributed by atoms with Crippen molar-refractivity contribution in [2.75, 3.05) is 32.2 Å². The molecule has 1 atom stereocenters. The Labute approximate surface area is 136 Å². The Balaban J connectivity index is 1.79. The molecule has 0 saturated carbocycles. The summed E-state index contributed by atoms with van der Waals surface area (Å²) in [6.45, 7) is 0.270. The molecule has 23 heavy (non-hydrogen) atoms. The summed E-state index contributed by atoms with van der Waals surface area (Å²) in [6, 6.07) is 16.4. The zero-order chi connectivity index (χ0) is 16.7. The highest BCUT2D eigenvalue weighted by Gasteiger charge is 2.07. The predicted molar refractivity (Wildman–Crippen MR) is 88.9 cm³/mol. The smallest absolute Gasteiger partial charge is 0.122 e. The van der Waals surface area contributed by atoms with E-state index in [1.807, 2.05) is 49.3 Å². The minimum Gasteiger partial charge on any atom is -0.491 e. The first-order valence-electron chi connectivity index (χ1n) is 7.29. The standard InChI is InChI=1S/C18H20N2O3/c1-20(2)15-4-3-5-18(10-15)23-13-16(21)12-22-17-8-6-14(11-19)7-9-17/h3-10,16,21H,12-13H2,1-2H3/t16-/m1/s1. The van der Waals surface area contributed by atoms with Gasteiger partial charge in [0.25, 0.3) is 0 Å². The molecule has 120 valence electrons. The van der Waals surface area contributed by atoms with Gasteiger partial charge < -0.3 is 19.5 Å². The van der Waals surface area contributed by atoms with E-state index in [-0.39, 0.29) is 13.2 Å². The first-order valence-corrected chi connectivity index (χ1v) is 7.29. The Bertz CT molecular complexity index is 663. The molecule has 0 aromatic heterocycles. The molecule has 0 heterocycles. The van der Waals surface area contributed by atoms with Gasteiger partial charge in [-0.2, -0.15) is 5.26 Å². The maximum absolute atomic E-state index is 9.94. The minimum absolute atomic E-state index is 0.124. The van der Waals surface area contributed by atoms with Crippen molar-refractivity contribution in [3.63, 3.8) is 0 Å². The van der Waals surface area contributed by atoms with Crippen LogP contribution >= 0.6 is 0 Å². The molecule has 0 spiro atoms. The molecular weight excluding hydrogens is 292 g/mol. The molecule has 5 nitrogen and oxygen atoms in total. The molecule has 0 amide bonds. The van der Waals surface area contributed by atoms with Crippen LogP contribution < -0.4 is 14.4 Å². The summed E-state index contributed by atoms with van der Waals surface area (Å²) in [5.41, 5.74) is 1.60. The summed E-state index contributed by atoms with van der Waals surface area (Å²) in [7, 11) is 3.92. The predicted octanol–water partition coefficient (Wildman–Crippen LogP) is 2.44. The van der Waals surface area contributed by atoms with Crippen LogP contribution in [0.1, 0.15) is 5.56 Å². The van der Waals surface area contributed by atoms with Crippen molar-refractivity contribution < 1.29 is 14.6 Å². The van der Waals surface area contributed by atoms with Crippen LogP contribution in [-0.2, 0) is 0 Å². The van der Waals surface area contributed by atoms with E-state index in [4.69, 9.17) is 14.7 Å². The van der Waals surface area contributed by atoms with E-state index in [1.165, 1.54) is 0 Å². The summed E-state index contributed by atoms with van der Waals surface area (Å²) >= 11 is 0. The molecule has 2 aromatic carbocycles. The van der Waals surface area contributed by atoms with Crippen molar-refractivity contribution >= 4 is 5.69 Å². The highest BCUT2D eigenvalue weighted by atomic mass is 16.5. The second-order valence-electron chi connectivity index (χ2n) is 5.30. The van der Waals surface area contributed by atoms with Crippen molar-refractivity contribution in [2.24, 2.45) is 0 Å². The maximum Gasteiger partial charge on any atom is 0.122 e. The van der Waals surface area contributed by atoms with Crippen LogP contribution in [0.2, 0.25) is 0 Å². The van der Waals surface area contributed by atoms with E-state index in [1.54, 1.807) is 24.3 Å². The fourth-order valence-electron chi connectivity index (χ4n) is 1.91. The maximum atomic E-state index is 9.94. The zero-order valence-electron chi connectivity index (χ0n) is 13.3. The molecule has 0 saturated heterocycles. The van der Waals surface area contributed by atoms with Crippen molar-refractivity contribution in [1.29, 1.82) is 5.26 Å². The van der Waals surface area contributed by atoms with E-state index >= 15 is 0 Å². The normalized spacial score (nSPS) is 11.4. The van der Waals surface area contributed by atoms with E-state index in [0.29, 0.717) is 17.1 Å². The fourth-order valence-corrected chi connectivity index (χ4v) is 1.91. The number of nitrogens with zero attached hydrogens (tertiary/aromatic N) is 2. The Kier molecular flexibility index (Phi) is 5.84. The van der Waals surface area contributed by atoms with Crippen molar-refractivity contribution in [3.8, 4) is 17.6 Å². The van der Waals surface area contributed by atoms with E-state index < -0.39 is 6.10 Å². The number of benzene rings is 2. The van der Waals surface area contributed by atoms with Gasteiger partial charge >= 0.3 is 0 Å². The van der Waals surface area contributed by atoms with Crippen LogP contribution in [0.4, 0.5) is 5.69 Å². The summed E-state index contributed by atoms with van der Waals surface area (Å²) in [6.07, 6.45) is -0.742. The average Bonchev–Trinajstić information content (AvgIpc) is 2.58. The van der Waals surface area contributed by atoms with Crippen molar-refractivity contribution in [1.82, 2.24) is 0 Å². The van der Waals surface area contributed by atoms with Gasteiger partial charge in [0.1, 0.15) is 30.8 Å². The van der Waals surface area contributed by atoms with Gasteiger partial charge in [0.2, 0.25) is 0 Å². The molecule has 2 aromatic rings. The number of hydrogen-bond acceptors (Lipinski definition) is 5. The summed E-state index contributed by atoms with van der Waals surface area (Å²) in [4.78, 5) is 1.98. The first-order chi connectivity index (χ1) is 11.1. The number of hydrogen-bond donors (Lipinski definition) is 1. The van der Waals surface area contributed by atoms with Gasteiger partial charge in [-0.05, 0) is 36.4 Å². The highest BCUT2D eigenvalue weighted by Crippen LogP contribution is 2.19. The van der Waals surface area contributed by atoms with E-state index in [0.717, 1.165) is 5.69 Å². The molecule has 5 heteroatoms. The third kappa shape index (κ3) is 5.20. The number of aliphatic hydroxyl groups excluding tert-OH is 1. The van der Waals surface area contributed by atoms with Crippen LogP contribution in [0.3, 0.4) is 0 Å². The second kappa shape index (κ2) is 8.06. The molecule has 2 rings (SSSR count). The SMILES string of the molecule is CN(C)c1cccc(OC[C@H](O)COc2ccc(C#N)cc2)c1. The highest BCUT2D eigenvalue weighted by molar-refractivity contribution is 5.49. The number of anilines is 1. The minimum atomic E-state index is -0.742. The summed E-state index contributed by atoms with van der Waals surface area (Å²) < 4.78 is 11.1. The number of aliphatic hydroxyl groups is 1. The average molecular weight is 312 g/mol. The van der Waals surface area contributed by atoms with Crippen LogP contribution in [-0.4, -0.2) is 38.5 Å². The molecule has 0 aliphatic rings. The number of rotatable bonds is 7. The quantitative estimate of drug-likeness (QED) is 0.850. The van der Waals surface area contributed by atoms with Gasteiger partial charge in [-0.3, -0.25) is 0 Å². The molecule has 0 bridgehead atoms. The van der Waals surface area contributed by atoms with Crippen molar-refractivity contribution in [3.05, 3.63) is 54.1 Å². The van der Waals surface area contributed by atoms with Gasteiger partial charge in [-0.1, -0.05) is 6.07 Å². The lowest BCUT2D eigenvalue weighted by molar-refractivity contribution is 0.0626. The molecular formula is C18H20N2O3. The third-order valence-corrected chi connectivity index (χ3v) is 3.20. The van der Waals surface area contributed by atoms with Crippen LogP contribution in [0.5, 0.6) is 11.5 Å². The Morgan fingerprint density at radius 3 is 2.30 bits per heavy atom. The molecule has 0 fully saturated rings. The topological polar surface area (TPSA) is 65.7 Å². The lowest BCUT2D eigenvalue weighted by atomic mass is 10.2. The van der Waals surface area contributed by atoms with Gasteiger partial charge in [0.05, 0.1) is 11.6 Å². The second-order valence-corrected chi connectivity index (χ2v) is 5.30. The van der Waals surface area contributed by atoms with Gasteiger partial charge in [-0.25, -0.2) is 0 Å². The van der Waals surface area contributed by atoms with Crippen molar-refractivity contribution in [2.45, 2.75) is 6.10 Å². The Morgan fingerprint density at radius 1 is 1.04 bits per heavy atom. The molecule has 0 unspecified atom stereocenters. The first kappa shape index (κ1) is 16.7. The molecule has 0 aliphatic carbocycles. The van der Waals surface area contributed by atoms with Crippen LogP contribution in [0.15, 0.2) is 48.5 Å². The molecule has 0 radical (unpaired) electrons. The monoisotopic (exact) mass is 312 g/mol. The van der Waals surface area contributed by atoms with Crippen LogP contribution in [0, 0.1) is 11.3 Å². The van der Waals surface area contributed by atoms with E-state index in [9.17, 15) is 5.11 Å². The lowest BCUT2D eigenvalue weighted by Gasteiger charge is -2.16. The fraction of sp³-hybridized carbons (Fsp3) is 0.278. The van der Waals surface area contributed by atoms with Gasteiger partial charge in [-0.15, -0.1) is 0 Å². The largest absolute Gasteiger partial charge is 0.491 e. The lowest BCUT2D eigenvalue weighted by Crippen LogP contribution is -2.25. The molecule has 0 aliphatic heterocycles. The van der Waals surface area contributed by atoms with Gasteiger partial charge in [0.15, 0.2) is 0 Å². The summed E-state index contributed by atoms with van der Waals surface area (Å²) in [5, 5.41) is 18.7. The Morgan fingerprint density at radius 2 is 1.70 bits per heavy atom. The van der Waals surface area contributed by atoms with Gasteiger partial charge in [0, 0.05) is 25.8 Å². The Hall–Kier alpha value is -2.71.